The van der Waals surface area contributed by atoms with Gasteiger partial charge in [-0.25, -0.2) is 4.98 Å². The summed E-state index contributed by atoms with van der Waals surface area (Å²) in [5.41, 5.74) is 1.20. The van der Waals surface area contributed by atoms with Crippen molar-refractivity contribution in [1.29, 1.82) is 0 Å². The van der Waals surface area contributed by atoms with E-state index in [-0.39, 0.29) is 28.7 Å². The van der Waals surface area contributed by atoms with Crippen LogP contribution >= 0.6 is 35.7 Å². The van der Waals surface area contributed by atoms with Crippen LogP contribution in [0.2, 0.25) is 0 Å². The number of pyridine rings is 1. The summed E-state index contributed by atoms with van der Waals surface area (Å²) < 4.78 is 0.284. The lowest BCUT2D eigenvalue weighted by Crippen LogP contribution is -2.50. The summed E-state index contributed by atoms with van der Waals surface area (Å²) in [6.45, 7) is 9.75. The van der Waals surface area contributed by atoms with Gasteiger partial charge in [-0.15, -0.1) is 24.0 Å². The number of halogens is 1. The number of aliphatic imine (C=N–C) groups is 1. The average molecular weight is 503 g/mol. The minimum Gasteiger partial charge on any atom is -0.357 e. The van der Waals surface area contributed by atoms with E-state index in [1.165, 1.54) is 31.2 Å². The van der Waals surface area contributed by atoms with Crippen molar-refractivity contribution in [2.75, 3.05) is 43.9 Å². The van der Waals surface area contributed by atoms with Gasteiger partial charge < -0.3 is 15.1 Å². The van der Waals surface area contributed by atoms with E-state index in [4.69, 9.17) is 4.98 Å². The van der Waals surface area contributed by atoms with Crippen molar-refractivity contribution in [3.63, 3.8) is 0 Å². The predicted octanol–water partition coefficient (Wildman–Crippen LogP) is 3.98. The summed E-state index contributed by atoms with van der Waals surface area (Å²) in [5, 5.41) is 3.52. The van der Waals surface area contributed by atoms with Crippen molar-refractivity contribution in [3.05, 3.63) is 23.9 Å². The third kappa shape index (κ3) is 6.69. The maximum atomic E-state index is 4.71. The lowest BCUT2D eigenvalue weighted by Gasteiger charge is -2.39. The van der Waals surface area contributed by atoms with Crippen LogP contribution in [0.5, 0.6) is 0 Å². The number of aromatic nitrogens is 1. The molecular weight excluding hydrogens is 469 g/mol. The molecule has 152 valence electrons. The Morgan fingerprint density at radius 3 is 2.52 bits per heavy atom. The lowest BCUT2D eigenvalue weighted by atomic mass is 10.2. The Kier molecular flexibility index (Phi) is 8.98. The van der Waals surface area contributed by atoms with Gasteiger partial charge in [0, 0.05) is 56.5 Å². The van der Waals surface area contributed by atoms with Gasteiger partial charge >= 0.3 is 0 Å². The minimum absolute atomic E-state index is 0. The van der Waals surface area contributed by atoms with Gasteiger partial charge in [-0.2, -0.15) is 11.8 Å². The van der Waals surface area contributed by atoms with E-state index < -0.39 is 0 Å². The molecule has 0 aromatic carbocycles. The van der Waals surface area contributed by atoms with Crippen molar-refractivity contribution in [3.8, 4) is 0 Å². The number of anilines is 1. The fraction of sp³-hybridized carbons (Fsp3) is 0.700. The molecular formula is C20H34IN5S. The predicted molar refractivity (Wildman–Crippen MR) is 129 cm³/mol. The molecule has 1 N–H and O–H groups in total. The van der Waals surface area contributed by atoms with Crippen LogP contribution in [0.4, 0.5) is 5.82 Å². The van der Waals surface area contributed by atoms with Gasteiger partial charge in [0.2, 0.25) is 0 Å². The third-order valence-electron chi connectivity index (χ3n) is 5.13. The number of nitrogens with zero attached hydrogens (tertiary/aromatic N) is 4. The zero-order chi connectivity index (χ0) is 18.4. The van der Waals surface area contributed by atoms with Crippen LogP contribution in [0.25, 0.3) is 0 Å². The first-order valence-corrected chi connectivity index (χ1v) is 10.9. The SMILES string of the molecule is CN=C(NCc1ccc(N2CCCCCC2)nc1)N1CCSC(C)(C)C1.I. The molecule has 0 bridgehead atoms. The number of hydrogen-bond donors (Lipinski definition) is 1. The first-order valence-electron chi connectivity index (χ1n) is 9.87. The second-order valence-corrected chi connectivity index (χ2v) is 9.66. The van der Waals surface area contributed by atoms with Crippen LogP contribution in [-0.2, 0) is 6.54 Å². The summed E-state index contributed by atoms with van der Waals surface area (Å²) in [6, 6.07) is 4.37. The van der Waals surface area contributed by atoms with Crippen molar-refractivity contribution in [2.45, 2.75) is 50.8 Å². The maximum absolute atomic E-state index is 4.71. The van der Waals surface area contributed by atoms with Gasteiger partial charge in [-0.05, 0) is 38.3 Å². The van der Waals surface area contributed by atoms with E-state index in [0.717, 1.165) is 50.3 Å². The van der Waals surface area contributed by atoms with E-state index in [2.05, 4.69) is 46.1 Å². The Hall–Kier alpha value is -0.700. The Labute approximate surface area is 185 Å². The summed E-state index contributed by atoms with van der Waals surface area (Å²) >= 11 is 2.04. The van der Waals surface area contributed by atoms with Gasteiger partial charge in [0.05, 0.1) is 0 Å². The van der Waals surface area contributed by atoms with Crippen LogP contribution in [-0.4, -0.2) is 59.6 Å². The van der Waals surface area contributed by atoms with E-state index in [1.54, 1.807) is 0 Å². The molecule has 27 heavy (non-hydrogen) atoms. The molecule has 2 fully saturated rings. The van der Waals surface area contributed by atoms with Crippen molar-refractivity contribution in [2.24, 2.45) is 4.99 Å². The Bertz CT molecular complexity index is 597. The number of nitrogens with one attached hydrogen (secondary N) is 1. The fourth-order valence-corrected chi connectivity index (χ4v) is 4.83. The quantitative estimate of drug-likeness (QED) is 0.384. The molecule has 5 nitrogen and oxygen atoms in total. The standard InChI is InChI=1S/C20H33N5S.HI/c1-20(2)16-25(12-13-26-20)19(21-3)23-15-17-8-9-18(22-14-17)24-10-6-4-5-7-11-24;/h8-9,14H,4-7,10-13,15-16H2,1-3H3,(H,21,23);1H. The second kappa shape index (κ2) is 10.7. The molecule has 3 rings (SSSR count). The van der Waals surface area contributed by atoms with E-state index in [1.807, 2.05) is 25.0 Å². The highest BCUT2D eigenvalue weighted by Crippen LogP contribution is 2.29. The molecule has 2 saturated heterocycles. The smallest absolute Gasteiger partial charge is 0.193 e. The molecule has 2 aliphatic heterocycles. The van der Waals surface area contributed by atoms with E-state index >= 15 is 0 Å². The second-order valence-electron chi connectivity index (χ2n) is 7.86. The zero-order valence-electron chi connectivity index (χ0n) is 16.9. The van der Waals surface area contributed by atoms with Gasteiger partial charge in [-0.3, -0.25) is 4.99 Å². The molecule has 7 heteroatoms. The average Bonchev–Trinajstić information content (AvgIpc) is 2.91. The number of hydrogen-bond acceptors (Lipinski definition) is 4. The van der Waals surface area contributed by atoms with Gasteiger partial charge in [0.1, 0.15) is 5.82 Å². The molecule has 0 saturated carbocycles. The van der Waals surface area contributed by atoms with Crippen LogP contribution < -0.4 is 10.2 Å². The van der Waals surface area contributed by atoms with Crippen molar-refractivity contribution >= 4 is 47.5 Å². The molecule has 0 spiro atoms. The van der Waals surface area contributed by atoms with Crippen molar-refractivity contribution in [1.82, 2.24) is 15.2 Å². The molecule has 0 amide bonds. The summed E-state index contributed by atoms with van der Waals surface area (Å²) in [5.74, 6) is 3.27. The summed E-state index contributed by atoms with van der Waals surface area (Å²) in [7, 11) is 1.87. The molecule has 0 atom stereocenters. The molecule has 1 aromatic rings. The Balaban J connectivity index is 0.00000261. The zero-order valence-corrected chi connectivity index (χ0v) is 20.1. The fourth-order valence-electron chi connectivity index (χ4n) is 3.72. The molecule has 0 unspecified atom stereocenters. The van der Waals surface area contributed by atoms with Gasteiger partial charge in [0.25, 0.3) is 0 Å². The molecule has 3 heterocycles. The minimum atomic E-state index is 0. The first kappa shape index (κ1) is 22.6. The molecule has 0 radical (unpaired) electrons. The summed E-state index contributed by atoms with van der Waals surface area (Å²) in [6.07, 6.45) is 7.28. The van der Waals surface area contributed by atoms with E-state index in [0.29, 0.717) is 0 Å². The first-order chi connectivity index (χ1) is 12.6. The Morgan fingerprint density at radius 1 is 1.19 bits per heavy atom. The molecule has 2 aliphatic rings. The van der Waals surface area contributed by atoms with Gasteiger partial charge in [0.15, 0.2) is 5.96 Å². The van der Waals surface area contributed by atoms with Crippen LogP contribution in [0, 0.1) is 0 Å². The monoisotopic (exact) mass is 503 g/mol. The third-order valence-corrected chi connectivity index (χ3v) is 6.42. The number of rotatable bonds is 3. The largest absolute Gasteiger partial charge is 0.357 e. The van der Waals surface area contributed by atoms with Crippen molar-refractivity contribution < 1.29 is 0 Å². The van der Waals surface area contributed by atoms with E-state index in [9.17, 15) is 0 Å². The highest BCUT2D eigenvalue weighted by atomic mass is 127. The molecule has 1 aromatic heterocycles. The summed E-state index contributed by atoms with van der Waals surface area (Å²) in [4.78, 5) is 14.0. The molecule has 0 aliphatic carbocycles. The Morgan fingerprint density at radius 2 is 1.93 bits per heavy atom. The number of thioether (sulfide) groups is 1. The van der Waals surface area contributed by atoms with Crippen LogP contribution in [0.1, 0.15) is 45.1 Å². The highest BCUT2D eigenvalue weighted by molar-refractivity contribution is 14.0. The van der Waals surface area contributed by atoms with Crippen LogP contribution in [0.15, 0.2) is 23.3 Å². The highest BCUT2D eigenvalue weighted by Gasteiger charge is 2.28. The lowest BCUT2D eigenvalue weighted by molar-refractivity contribution is 0.375. The number of guanidine groups is 1. The maximum Gasteiger partial charge on any atom is 0.193 e. The van der Waals surface area contributed by atoms with Gasteiger partial charge in [-0.1, -0.05) is 18.9 Å². The normalized spacial score (nSPS) is 20.6. The van der Waals surface area contributed by atoms with Crippen LogP contribution in [0.3, 0.4) is 0 Å². The topological polar surface area (TPSA) is 43.8 Å².